The van der Waals surface area contributed by atoms with Gasteiger partial charge < -0.3 is 10.3 Å². The van der Waals surface area contributed by atoms with E-state index in [0.717, 1.165) is 0 Å². The molecule has 1 rings (SSSR count). The highest BCUT2D eigenvalue weighted by molar-refractivity contribution is 5.06. The summed E-state index contributed by atoms with van der Waals surface area (Å²) in [7, 11) is 4.17. The molecule has 1 aromatic heterocycles. The van der Waals surface area contributed by atoms with E-state index >= 15 is 0 Å². The fourth-order valence-corrected chi connectivity index (χ4v) is 2.34. The monoisotopic (exact) mass is 238 g/mol. The SMILES string of the molecule is CC(C)CC(C)N(C)C(CN)c1cncn1C. The summed E-state index contributed by atoms with van der Waals surface area (Å²) >= 11 is 0. The van der Waals surface area contributed by atoms with Crippen LogP contribution in [0.1, 0.15) is 38.9 Å². The van der Waals surface area contributed by atoms with E-state index in [2.05, 4.69) is 42.3 Å². The van der Waals surface area contributed by atoms with Gasteiger partial charge in [0.1, 0.15) is 0 Å². The molecule has 98 valence electrons. The number of nitrogens with zero attached hydrogens (tertiary/aromatic N) is 3. The average molecular weight is 238 g/mol. The molecule has 4 nitrogen and oxygen atoms in total. The third kappa shape index (κ3) is 3.54. The molecule has 17 heavy (non-hydrogen) atoms. The molecule has 0 saturated heterocycles. The Morgan fingerprint density at radius 1 is 1.41 bits per heavy atom. The van der Waals surface area contributed by atoms with Crippen molar-refractivity contribution in [1.82, 2.24) is 14.5 Å². The van der Waals surface area contributed by atoms with E-state index < -0.39 is 0 Å². The maximum atomic E-state index is 5.92. The number of nitrogens with two attached hydrogens (primary N) is 1. The van der Waals surface area contributed by atoms with Crippen LogP contribution in [0.5, 0.6) is 0 Å². The quantitative estimate of drug-likeness (QED) is 0.822. The van der Waals surface area contributed by atoms with Gasteiger partial charge in [-0.25, -0.2) is 4.98 Å². The molecule has 0 saturated carbocycles. The maximum Gasteiger partial charge on any atom is 0.0946 e. The van der Waals surface area contributed by atoms with Crippen molar-refractivity contribution < 1.29 is 0 Å². The first kappa shape index (κ1) is 14.2. The highest BCUT2D eigenvalue weighted by atomic mass is 15.2. The summed E-state index contributed by atoms with van der Waals surface area (Å²) in [6, 6.07) is 0.773. The van der Waals surface area contributed by atoms with Crippen LogP contribution in [0.4, 0.5) is 0 Å². The predicted molar refractivity (Wildman–Crippen MR) is 71.7 cm³/mol. The summed E-state index contributed by atoms with van der Waals surface area (Å²) in [6.45, 7) is 7.40. The van der Waals surface area contributed by atoms with Crippen molar-refractivity contribution in [3.63, 3.8) is 0 Å². The van der Waals surface area contributed by atoms with Crippen molar-refractivity contribution in [1.29, 1.82) is 0 Å². The first-order valence-electron chi connectivity index (χ1n) is 6.35. The minimum Gasteiger partial charge on any atom is -0.336 e. The molecule has 4 heteroatoms. The topological polar surface area (TPSA) is 47.1 Å². The van der Waals surface area contributed by atoms with Crippen LogP contribution in [-0.4, -0.2) is 34.1 Å². The zero-order valence-electron chi connectivity index (χ0n) is 11.7. The van der Waals surface area contributed by atoms with E-state index in [-0.39, 0.29) is 6.04 Å². The minimum atomic E-state index is 0.247. The van der Waals surface area contributed by atoms with Crippen molar-refractivity contribution in [2.45, 2.75) is 39.3 Å². The molecule has 0 fully saturated rings. The molecule has 0 aliphatic rings. The van der Waals surface area contributed by atoms with Crippen LogP contribution in [0.15, 0.2) is 12.5 Å². The number of aromatic nitrogens is 2. The summed E-state index contributed by atoms with van der Waals surface area (Å²) in [4.78, 5) is 6.53. The molecule has 2 unspecified atom stereocenters. The van der Waals surface area contributed by atoms with Crippen molar-refractivity contribution in [2.75, 3.05) is 13.6 Å². The van der Waals surface area contributed by atoms with E-state index in [1.165, 1.54) is 12.1 Å². The molecular formula is C13H26N4. The molecular weight excluding hydrogens is 212 g/mol. The fraction of sp³-hybridized carbons (Fsp3) is 0.769. The fourth-order valence-electron chi connectivity index (χ4n) is 2.34. The first-order chi connectivity index (χ1) is 7.97. The van der Waals surface area contributed by atoms with Gasteiger partial charge in [-0.1, -0.05) is 13.8 Å². The Hall–Kier alpha value is -0.870. The Morgan fingerprint density at radius 2 is 2.06 bits per heavy atom. The van der Waals surface area contributed by atoms with Gasteiger partial charge in [-0.15, -0.1) is 0 Å². The van der Waals surface area contributed by atoms with Gasteiger partial charge in [0.25, 0.3) is 0 Å². The summed E-state index contributed by atoms with van der Waals surface area (Å²) in [5, 5.41) is 0. The second kappa shape index (κ2) is 6.17. The van der Waals surface area contributed by atoms with Gasteiger partial charge in [0.05, 0.1) is 18.1 Å². The molecule has 0 aliphatic carbocycles. The third-order valence-electron chi connectivity index (χ3n) is 3.42. The summed E-state index contributed by atoms with van der Waals surface area (Å²) < 4.78 is 2.05. The zero-order valence-corrected chi connectivity index (χ0v) is 11.7. The van der Waals surface area contributed by atoms with Crippen molar-refractivity contribution in [2.24, 2.45) is 18.7 Å². The lowest BCUT2D eigenvalue weighted by Gasteiger charge is -2.33. The number of likely N-dealkylation sites (N-methyl/N-ethyl adjacent to an activating group) is 1. The Kier molecular flexibility index (Phi) is 5.15. The second-order valence-electron chi connectivity index (χ2n) is 5.32. The molecule has 0 bridgehead atoms. The zero-order chi connectivity index (χ0) is 13.0. The largest absolute Gasteiger partial charge is 0.336 e. The normalized spacial score (nSPS) is 15.5. The van der Waals surface area contributed by atoms with Crippen LogP contribution in [0.2, 0.25) is 0 Å². The highest BCUT2D eigenvalue weighted by Gasteiger charge is 2.22. The first-order valence-corrected chi connectivity index (χ1v) is 6.35. The van der Waals surface area contributed by atoms with Gasteiger partial charge >= 0.3 is 0 Å². The van der Waals surface area contributed by atoms with E-state index in [0.29, 0.717) is 18.5 Å². The summed E-state index contributed by atoms with van der Waals surface area (Å²) in [5.74, 6) is 0.706. The van der Waals surface area contributed by atoms with Crippen molar-refractivity contribution in [3.05, 3.63) is 18.2 Å². The standard InChI is InChI=1S/C13H26N4/c1-10(2)6-11(3)17(5)12(7-14)13-8-15-9-16(13)4/h8-12H,6-7,14H2,1-5H3. The molecule has 1 aromatic rings. The third-order valence-corrected chi connectivity index (χ3v) is 3.42. The Labute approximate surface area is 105 Å². The van der Waals surface area contributed by atoms with Crippen molar-refractivity contribution in [3.8, 4) is 0 Å². The summed E-state index contributed by atoms with van der Waals surface area (Å²) in [5.41, 5.74) is 7.11. The number of hydrogen-bond donors (Lipinski definition) is 1. The van der Waals surface area contributed by atoms with Gasteiger partial charge in [-0.3, -0.25) is 4.90 Å². The molecule has 2 N–H and O–H groups in total. The molecule has 1 heterocycles. The van der Waals surface area contributed by atoms with Crippen LogP contribution in [0.3, 0.4) is 0 Å². The van der Waals surface area contributed by atoms with Gasteiger partial charge in [0.15, 0.2) is 0 Å². The Balaban J connectivity index is 2.77. The van der Waals surface area contributed by atoms with E-state index in [1.807, 2.05) is 19.6 Å². The van der Waals surface area contributed by atoms with E-state index in [9.17, 15) is 0 Å². The van der Waals surface area contributed by atoms with Gasteiger partial charge in [0, 0.05) is 25.8 Å². The highest BCUT2D eigenvalue weighted by Crippen LogP contribution is 2.22. The van der Waals surface area contributed by atoms with Gasteiger partial charge in [-0.2, -0.15) is 0 Å². The van der Waals surface area contributed by atoms with E-state index in [4.69, 9.17) is 5.73 Å². The maximum absolute atomic E-state index is 5.92. The molecule has 0 aliphatic heterocycles. The second-order valence-corrected chi connectivity index (χ2v) is 5.32. The summed E-state index contributed by atoms with van der Waals surface area (Å²) in [6.07, 6.45) is 4.93. The van der Waals surface area contributed by atoms with Gasteiger partial charge in [0.2, 0.25) is 0 Å². The minimum absolute atomic E-state index is 0.247. The molecule has 0 spiro atoms. The Bertz CT molecular complexity index is 332. The lowest BCUT2D eigenvalue weighted by molar-refractivity contribution is 0.163. The molecule has 2 atom stereocenters. The molecule has 0 radical (unpaired) electrons. The number of hydrogen-bond acceptors (Lipinski definition) is 3. The lowest BCUT2D eigenvalue weighted by Crippen LogP contribution is -2.38. The smallest absolute Gasteiger partial charge is 0.0946 e. The van der Waals surface area contributed by atoms with Crippen LogP contribution in [0.25, 0.3) is 0 Å². The number of rotatable bonds is 6. The van der Waals surface area contributed by atoms with Crippen LogP contribution in [-0.2, 0) is 7.05 Å². The molecule has 0 aromatic carbocycles. The van der Waals surface area contributed by atoms with Gasteiger partial charge in [-0.05, 0) is 26.3 Å². The van der Waals surface area contributed by atoms with Crippen molar-refractivity contribution >= 4 is 0 Å². The number of imidazole rings is 1. The average Bonchev–Trinajstić information content (AvgIpc) is 2.65. The predicted octanol–water partition coefficient (Wildman–Crippen LogP) is 1.79. The van der Waals surface area contributed by atoms with Crippen LogP contribution >= 0.6 is 0 Å². The Morgan fingerprint density at radius 3 is 2.47 bits per heavy atom. The lowest BCUT2D eigenvalue weighted by atomic mass is 10.0. The van der Waals surface area contributed by atoms with Crippen LogP contribution < -0.4 is 5.73 Å². The number of aryl methyl sites for hydroxylation is 1. The van der Waals surface area contributed by atoms with E-state index in [1.54, 1.807) is 0 Å². The molecule has 0 amide bonds. The van der Waals surface area contributed by atoms with Crippen LogP contribution in [0, 0.1) is 5.92 Å².